The lowest BCUT2D eigenvalue weighted by Crippen LogP contribution is -2.13. The van der Waals surface area contributed by atoms with Gasteiger partial charge in [0.1, 0.15) is 35.5 Å². The Morgan fingerprint density at radius 1 is 1.00 bits per heavy atom. The van der Waals surface area contributed by atoms with Gasteiger partial charge in [-0.05, 0) is 60.2 Å². The standard InChI is InChI=1S/C27H18Cl2N2O3/c28-20-6-12-25(29)24(15-20)26-13-11-23(34-26)14-19(16-30)27(32)31-21-7-9-22(10-8-21)33-17-18-4-2-1-3-5-18/h1-15H,17H2,(H,31,32)/b19-14+. The van der Waals surface area contributed by atoms with Crippen molar-refractivity contribution in [3.63, 3.8) is 0 Å². The van der Waals surface area contributed by atoms with Gasteiger partial charge in [0.25, 0.3) is 5.91 Å². The van der Waals surface area contributed by atoms with Gasteiger partial charge >= 0.3 is 0 Å². The van der Waals surface area contributed by atoms with Crippen molar-refractivity contribution in [1.29, 1.82) is 5.26 Å². The van der Waals surface area contributed by atoms with Crippen LogP contribution in [0.4, 0.5) is 5.69 Å². The number of amides is 1. The highest BCUT2D eigenvalue weighted by atomic mass is 35.5. The number of nitriles is 1. The molecule has 34 heavy (non-hydrogen) atoms. The lowest BCUT2D eigenvalue weighted by Gasteiger charge is -2.08. The Morgan fingerprint density at radius 3 is 2.50 bits per heavy atom. The van der Waals surface area contributed by atoms with Gasteiger partial charge in [0.2, 0.25) is 0 Å². The Bertz CT molecular complexity index is 1370. The molecule has 0 fully saturated rings. The Hall–Kier alpha value is -3.98. The van der Waals surface area contributed by atoms with Crippen LogP contribution in [0.15, 0.2) is 94.9 Å². The predicted molar refractivity (Wildman–Crippen MR) is 134 cm³/mol. The molecular weight excluding hydrogens is 471 g/mol. The maximum Gasteiger partial charge on any atom is 0.266 e. The molecule has 5 nitrogen and oxygen atoms in total. The maximum atomic E-state index is 12.6. The first-order valence-corrected chi connectivity index (χ1v) is 11.0. The third-order valence-corrected chi connectivity index (χ3v) is 5.40. The van der Waals surface area contributed by atoms with E-state index in [1.807, 2.05) is 36.4 Å². The van der Waals surface area contributed by atoms with Crippen LogP contribution in [0.3, 0.4) is 0 Å². The van der Waals surface area contributed by atoms with Crippen molar-refractivity contribution in [2.24, 2.45) is 0 Å². The van der Waals surface area contributed by atoms with E-state index in [0.717, 1.165) is 5.56 Å². The van der Waals surface area contributed by atoms with Crippen molar-refractivity contribution in [3.05, 3.63) is 112 Å². The molecule has 0 aliphatic heterocycles. The number of benzene rings is 3. The fourth-order valence-corrected chi connectivity index (χ4v) is 3.51. The average Bonchev–Trinajstić information content (AvgIpc) is 3.32. The van der Waals surface area contributed by atoms with E-state index in [1.54, 1.807) is 54.6 Å². The maximum absolute atomic E-state index is 12.6. The molecule has 1 heterocycles. The summed E-state index contributed by atoms with van der Waals surface area (Å²) < 4.78 is 11.5. The molecule has 1 amide bonds. The number of carbonyl (C=O) groups excluding carboxylic acids is 1. The fourth-order valence-electron chi connectivity index (χ4n) is 3.13. The summed E-state index contributed by atoms with van der Waals surface area (Å²) in [4.78, 5) is 12.6. The average molecular weight is 489 g/mol. The summed E-state index contributed by atoms with van der Waals surface area (Å²) in [6, 6.07) is 27.0. The molecule has 0 spiro atoms. The van der Waals surface area contributed by atoms with E-state index in [-0.39, 0.29) is 5.57 Å². The Balaban J connectivity index is 1.41. The molecule has 0 radical (unpaired) electrons. The molecule has 3 aromatic carbocycles. The van der Waals surface area contributed by atoms with Crippen LogP contribution in [0.1, 0.15) is 11.3 Å². The van der Waals surface area contributed by atoms with Gasteiger partial charge in [0.05, 0.1) is 5.02 Å². The van der Waals surface area contributed by atoms with Crippen molar-refractivity contribution in [2.75, 3.05) is 5.32 Å². The summed E-state index contributed by atoms with van der Waals surface area (Å²) in [6.07, 6.45) is 1.37. The third-order valence-electron chi connectivity index (χ3n) is 4.83. The Labute approximate surface area is 206 Å². The molecule has 0 bridgehead atoms. The highest BCUT2D eigenvalue weighted by Crippen LogP contribution is 2.32. The minimum Gasteiger partial charge on any atom is -0.489 e. The minimum atomic E-state index is -0.556. The molecule has 0 saturated heterocycles. The van der Waals surface area contributed by atoms with Crippen LogP contribution < -0.4 is 10.1 Å². The van der Waals surface area contributed by atoms with E-state index in [4.69, 9.17) is 32.4 Å². The molecule has 0 saturated carbocycles. The number of carbonyl (C=O) groups is 1. The molecule has 168 valence electrons. The first kappa shape index (κ1) is 23.2. The van der Waals surface area contributed by atoms with Gasteiger partial charge in [0.15, 0.2) is 0 Å². The second kappa shape index (κ2) is 10.8. The highest BCUT2D eigenvalue weighted by Gasteiger charge is 2.13. The largest absolute Gasteiger partial charge is 0.489 e. The summed E-state index contributed by atoms with van der Waals surface area (Å²) in [5.74, 6) is 0.921. The lowest BCUT2D eigenvalue weighted by atomic mass is 10.2. The molecule has 0 unspecified atom stereocenters. The zero-order chi connectivity index (χ0) is 23.9. The van der Waals surface area contributed by atoms with E-state index >= 15 is 0 Å². The van der Waals surface area contributed by atoms with Crippen LogP contribution in [0.5, 0.6) is 5.75 Å². The second-order valence-corrected chi connectivity index (χ2v) is 8.09. The van der Waals surface area contributed by atoms with Crippen molar-refractivity contribution in [1.82, 2.24) is 0 Å². The quantitative estimate of drug-likeness (QED) is 0.217. The van der Waals surface area contributed by atoms with Gasteiger partial charge in [-0.15, -0.1) is 0 Å². The zero-order valence-corrected chi connectivity index (χ0v) is 19.3. The van der Waals surface area contributed by atoms with Gasteiger partial charge in [0, 0.05) is 22.3 Å². The third kappa shape index (κ3) is 5.87. The van der Waals surface area contributed by atoms with Gasteiger partial charge in [-0.1, -0.05) is 53.5 Å². The van der Waals surface area contributed by atoms with Crippen LogP contribution >= 0.6 is 23.2 Å². The first-order chi connectivity index (χ1) is 16.5. The number of anilines is 1. The van der Waals surface area contributed by atoms with E-state index in [0.29, 0.717) is 45.2 Å². The van der Waals surface area contributed by atoms with Gasteiger partial charge in [-0.25, -0.2) is 0 Å². The van der Waals surface area contributed by atoms with Gasteiger partial charge in [-0.3, -0.25) is 4.79 Å². The SMILES string of the molecule is N#C/C(=C\c1ccc(-c2cc(Cl)ccc2Cl)o1)C(=O)Nc1ccc(OCc2ccccc2)cc1. The molecule has 1 N–H and O–H groups in total. The number of nitrogens with zero attached hydrogens (tertiary/aromatic N) is 1. The molecule has 0 aliphatic carbocycles. The monoisotopic (exact) mass is 488 g/mol. The number of hydrogen-bond donors (Lipinski definition) is 1. The molecule has 4 rings (SSSR count). The topological polar surface area (TPSA) is 75.3 Å². The molecule has 0 atom stereocenters. The number of nitrogens with one attached hydrogen (secondary N) is 1. The van der Waals surface area contributed by atoms with E-state index in [9.17, 15) is 10.1 Å². The summed E-state index contributed by atoms with van der Waals surface area (Å²) in [6.45, 7) is 0.444. The lowest BCUT2D eigenvalue weighted by molar-refractivity contribution is -0.112. The van der Waals surface area contributed by atoms with Gasteiger partial charge < -0.3 is 14.5 Å². The summed E-state index contributed by atoms with van der Waals surface area (Å²) in [5, 5.41) is 13.2. The fraction of sp³-hybridized carbons (Fsp3) is 0.0370. The molecule has 0 aliphatic rings. The summed E-state index contributed by atoms with van der Waals surface area (Å²) >= 11 is 12.3. The van der Waals surface area contributed by atoms with Crippen LogP contribution in [-0.2, 0) is 11.4 Å². The first-order valence-electron chi connectivity index (χ1n) is 10.3. The molecule has 4 aromatic rings. The van der Waals surface area contributed by atoms with E-state index < -0.39 is 5.91 Å². The number of halogens is 2. The number of rotatable bonds is 7. The number of hydrogen-bond acceptors (Lipinski definition) is 4. The van der Waals surface area contributed by atoms with E-state index in [2.05, 4.69) is 5.32 Å². The van der Waals surface area contributed by atoms with Crippen LogP contribution in [-0.4, -0.2) is 5.91 Å². The second-order valence-electron chi connectivity index (χ2n) is 7.25. The van der Waals surface area contributed by atoms with Crippen molar-refractivity contribution in [3.8, 4) is 23.1 Å². The summed E-state index contributed by atoms with van der Waals surface area (Å²) in [7, 11) is 0. The highest BCUT2D eigenvalue weighted by molar-refractivity contribution is 6.35. The molecule has 1 aromatic heterocycles. The summed E-state index contributed by atoms with van der Waals surface area (Å²) in [5.41, 5.74) is 2.10. The smallest absolute Gasteiger partial charge is 0.266 e. The number of furan rings is 1. The zero-order valence-electron chi connectivity index (χ0n) is 17.8. The van der Waals surface area contributed by atoms with Crippen molar-refractivity contribution < 1.29 is 13.9 Å². The normalized spacial score (nSPS) is 11.0. The van der Waals surface area contributed by atoms with Gasteiger partial charge in [-0.2, -0.15) is 5.26 Å². The Kier molecular flexibility index (Phi) is 7.34. The minimum absolute atomic E-state index is 0.109. The molecule has 7 heteroatoms. The van der Waals surface area contributed by atoms with Crippen LogP contribution in [0.2, 0.25) is 10.0 Å². The number of ether oxygens (including phenoxy) is 1. The van der Waals surface area contributed by atoms with Crippen LogP contribution in [0, 0.1) is 11.3 Å². The predicted octanol–water partition coefficient (Wildman–Crippen LogP) is 7.38. The van der Waals surface area contributed by atoms with Crippen LogP contribution in [0.25, 0.3) is 17.4 Å². The van der Waals surface area contributed by atoms with Crippen molar-refractivity contribution in [2.45, 2.75) is 6.61 Å². The molecular formula is C27H18Cl2N2O3. The Morgan fingerprint density at radius 2 is 1.76 bits per heavy atom. The van der Waals surface area contributed by atoms with E-state index in [1.165, 1.54) is 6.08 Å². The van der Waals surface area contributed by atoms with Crippen molar-refractivity contribution >= 4 is 40.9 Å².